The van der Waals surface area contributed by atoms with E-state index in [2.05, 4.69) is 34.2 Å². The summed E-state index contributed by atoms with van der Waals surface area (Å²) in [6.07, 6.45) is 3.15. The van der Waals surface area contributed by atoms with Gasteiger partial charge in [0.25, 0.3) is 5.91 Å². The molecule has 6 heteroatoms. The molecule has 2 heterocycles. The van der Waals surface area contributed by atoms with Gasteiger partial charge in [0, 0.05) is 25.2 Å². The van der Waals surface area contributed by atoms with E-state index in [9.17, 15) is 13.6 Å². The molecule has 2 aliphatic rings. The lowest BCUT2D eigenvalue weighted by Crippen LogP contribution is -2.48. The first-order valence-corrected chi connectivity index (χ1v) is 9.72. The van der Waals surface area contributed by atoms with Gasteiger partial charge in [-0.15, -0.1) is 0 Å². The highest BCUT2D eigenvalue weighted by atomic mass is 19.2. The molecule has 0 bridgehead atoms. The largest absolute Gasteiger partial charge is 0.342 e. The third-order valence-electron chi connectivity index (χ3n) is 5.49. The first-order valence-electron chi connectivity index (χ1n) is 9.72. The molecule has 0 aliphatic carbocycles. The topological polar surface area (TPSA) is 35.9 Å². The number of rotatable bonds is 3. The highest BCUT2D eigenvalue weighted by Crippen LogP contribution is 2.24. The number of hydrogen-bond donors (Lipinski definition) is 0. The van der Waals surface area contributed by atoms with Crippen molar-refractivity contribution in [2.75, 3.05) is 26.2 Å². The van der Waals surface area contributed by atoms with Crippen LogP contribution in [0, 0.1) is 17.6 Å². The predicted molar refractivity (Wildman–Crippen MR) is 104 cm³/mol. The lowest BCUT2D eigenvalue weighted by atomic mass is 9.90. The Kier molecular flexibility index (Phi) is 5.37. The Morgan fingerprint density at radius 3 is 2.46 bits per heavy atom. The van der Waals surface area contributed by atoms with Gasteiger partial charge in [-0.25, -0.2) is 8.78 Å². The molecule has 1 saturated heterocycles. The monoisotopic (exact) mass is 383 g/mol. The van der Waals surface area contributed by atoms with E-state index in [0.717, 1.165) is 44.5 Å². The minimum Gasteiger partial charge on any atom is -0.342 e. The third-order valence-corrected chi connectivity index (χ3v) is 5.49. The second kappa shape index (κ2) is 8.09. The van der Waals surface area contributed by atoms with Gasteiger partial charge in [0.2, 0.25) is 5.96 Å². The summed E-state index contributed by atoms with van der Waals surface area (Å²) >= 11 is 0. The van der Waals surface area contributed by atoms with Crippen molar-refractivity contribution in [1.29, 1.82) is 0 Å². The molecule has 28 heavy (non-hydrogen) atoms. The highest BCUT2D eigenvalue weighted by molar-refractivity contribution is 6.06. The van der Waals surface area contributed by atoms with E-state index in [0.29, 0.717) is 25.0 Å². The fraction of sp³-hybridized carbons (Fsp3) is 0.364. The van der Waals surface area contributed by atoms with Crippen molar-refractivity contribution in [3.05, 3.63) is 71.3 Å². The molecule has 1 amide bonds. The van der Waals surface area contributed by atoms with Gasteiger partial charge < -0.3 is 4.90 Å². The van der Waals surface area contributed by atoms with Crippen LogP contribution in [-0.2, 0) is 6.42 Å². The van der Waals surface area contributed by atoms with E-state index in [-0.39, 0.29) is 11.5 Å². The number of carbonyl (C=O) groups is 1. The number of carbonyl (C=O) groups excluding carboxylic acids is 1. The maximum Gasteiger partial charge on any atom is 0.260 e. The average molecular weight is 383 g/mol. The molecule has 0 atom stereocenters. The molecule has 0 aromatic heterocycles. The van der Waals surface area contributed by atoms with Crippen molar-refractivity contribution in [2.24, 2.45) is 10.9 Å². The minimum atomic E-state index is -1.01. The summed E-state index contributed by atoms with van der Waals surface area (Å²) in [6, 6.07) is 13.8. The minimum absolute atomic E-state index is 0.146. The molecule has 1 fully saturated rings. The first-order chi connectivity index (χ1) is 13.6. The molecule has 0 radical (unpaired) electrons. The van der Waals surface area contributed by atoms with Gasteiger partial charge >= 0.3 is 0 Å². The number of piperidine rings is 1. The fourth-order valence-electron chi connectivity index (χ4n) is 3.97. The van der Waals surface area contributed by atoms with Gasteiger partial charge in [0.05, 0.1) is 6.54 Å². The van der Waals surface area contributed by atoms with Crippen molar-refractivity contribution < 1.29 is 13.6 Å². The number of halogens is 2. The second-order valence-corrected chi connectivity index (χ2v) is 7.39. The first kappa shape index (κ1) is 18.6. The summed E-state index contributed by atoms with van der Waals surface area (Å²) in [6.45, 7) is 2.70. The zero-order valence-corrected chi connectivity index (χ0v) is 15.7. The number of aliphatic imine (C=N–C) groups is 1. The zero-order valence-electron chi connectivity index (χ0n) is 15.7. The standard InChI is InChI=1S/C22H23F2N3O/c23-19-7-6-18(15-20(19)24)21(28)27-13-10-25-22(27)26-11-8-17(9-12-26)14-16-4-2-1-3-5-16/h1-7,15,17H,8-14H2. The van der Waals surface area contributed by atoms with E-state index >= 15 is 0 Å². The molecule has 146 valence electrons. The van der Waals surface area contributed by atoms with Crippen LogP contribution in [0.5, 0.6) is 0 Å². The molecule has 0 N–H and O–H groups in total. The van der Waals surface area contributed by atoms with Gasteiger partial charge in [0.1, 0.15) is 0 Å². The van der Waals surface area contributed by atoms with Crippen LogP contribution < -0.4 is 0 Å². The number of guanidine groups is 1. The zero-order chi connectivity index (χ0) is 19.5. The van der Waals surface area contributed by atoms with Gasteiger partial charge in [-0.05, 0) is 48.9 Å². The number of hydrogen-bond acceptors (Lipinski definition) is 3. The molecule has 2 aromatic rings. The summed E-state index contributed by atoms with van der Waals surface area (Å²) in [5.74, 6) is -1.01. The molecular formula is C22H23F2N3O. The van der Waals surface area contributed by atoms with Crippen molar-refractivity contribution >= 4 is 11.9 Å². The summed E-state index contributed by atoms with van der Waals surface area (Å²) in [4.78, 5) is 21.0. The maximum absolute atomic E-state index is 13.5. The predicted octanol–water partition coefficient (Wildman–Crippen LogP) is 3.73. The van der Waals surface area contributed by atoms with E-state index in [1.54, 1.807) is 4.90 Å². The van der Waals surface area contributed by atoms with Crippen molar-refractivity contribution in [3.8, 4) is 0 Å². The quantitative estimate of drug-likeness (QED) is 0.810. The van der Waals surface area contributed by atoms with E-state index in [1.165, 1.54) is 11.6 Å². The summed E-state index contributed by atoms with van der Waals surface area (Å²) in [7, 11) is 0. The lowest BCUT2D eigenvalue weighted by molar-refractivity contribution is 0.0838. The van der Waals surface area contributed by atoms with Gasteiger partial charge in [-0.1, -0.05) is 30.3 Å². The van der Waals surface area contributed by atoms with Crippen molar-refractivity contribution in [2.45, 2.75) is 19.3 Å². The molecule has 2 aliphatic heterocycles. The average Bonchev–Trinajstić information content (AvgIpc) is 3.21. The van der Waals surface area contributed by atoms with Gasteiger partial charge in [-0.3, -0.25) is 14.7 Å². The van der Waals surface area contributed by atoms with Crippen LogP contribution in [0.4, 0.5) is 8.78 Å². The molecular weight excluding hydrogens is 360 g/mol. The Balaban J connectivity index is 1.39. The SMILES string of the molecule is O=C(c1ccc(F)c(F)c1)N1CCN=C1N1CCC(Cc2ccccc2)CC1. The Bertz CT molecular complexity index is 877. The van der Waals surface area contributed by atoms with Crippen molar-refractivity contribution in [1.82, 2.24) is 9.80 Å². The molecule has 0 spiro atoms. The fourth-order valence-corrected chi connectivity index (χ4v) is 3.97. The third kappa shape index (κ3) is 3.91. The molecule has 4 rings (SSSR count). The Morgan fingerprint density at radius 1 is 1.00 bits per heavy atom. The molecule has 4 nitrogen and oxygen atoms in total. The van der Waals surface area contributed by atoms with Gasteiger partial charge in [-0.2, -0.15) is 0 Å². The van der Waals surface area contributed by atoms with Crippen LogP contribution in [0.15, 0.2) is 53.5 Å². The summed E-state index contributed by atoms with van der Waals surface area (Å²) in [5.41, 5.74) is 1.50. The van der Waals surface area contributed by atoms with E-state index < -0.39 is 11.6 Å². The Morgan fingerprint density at radius 2 is 1.75 bits per heavy atom. The summed E-state index contributed by atoms with van der Waals surface area (Å²) < 4.78 is 26.7. The van der Waals surface area contributed by atoms with E-state index in [1.807, 2.05) is 6.07 Å². The lowest BCUT2D eigenvalue weighted by Gasteiger charge is -2.36. The molecule has 0 saturated carbocycles. The van der Waals surface area contributed by atoms with Crippen LogP contribution in [0.3, 0.4) is 0 Å². The van der Waals surface area contributed by atoms with E-state index in [4.69, 9.17) is 0 Å². The van der Waals surface area contributed by atoms with Crippen LogP contribution in [0.1, 0.15) is 28.8 Å². The Labute approximate surface area is 163 Å². The van der Waals surface area contributed by atoms with Crippen molar-refractivity contribution in [3.63, 3.8) is 0 Å². The van der Waals surface area contributed by atoms with Crippen LogP contribution >= 0.6 is 0 Å². The normalized spacial score (nSPS) is 17.7. The smallest absolute Gasteiger partial charge is 0.260 e. The number of amides is 1. The Hall–Kier alpha value is -2.76. The number of benzene rings is 2. The second-order valence-electron chi connectivity index (χ2n) is 7.39. The van der Waals surface area contributed by atoms with Gasteiger partial charge in [0.15, 0.2) is 11.6 Å². The van der Waals surface area contributed by atoms with Crippen LogP contribution in [0.2, 0.25) is 0 Å². The highest BCUT2D eigenvalue weighted by Gasteiger charge is 2.31. The summed E-state index contributed by atoms with van der Waals surface area (Å²) in [5, 5.41) is 0. The molecule has 2 aromatic carbocycles. The van der Waals surface area contributed by atoms with Crippen LogP contribution in [-0.4, -0.2) is 47.8 Å². The molecule has 0 unspecified atom stereocenters. The maximum atomic E-state index is 13.5. The van der Waals surface area contributed by atoms with Crippen LogP contribution in [0.25, 0.3) is 0 Å². The number of likely N-dealkylation sites (tertiary alicyclic amines) is 1. The number of nitrogens with zero attached hydrogens (tertiary/aromatic N) is 3.